The largest absolute Gasteiger partial charge is 0.506 e. The summed E-state index contributed by atoms with van der Waals surface area (Å²) >= 11 is 7.03. The smallest absolute Gasteiger partial charge is 0.178 e. The van der Waals surface area contributed by atoms with Gasteiger partial charge in [0.2, 0.25) is 0 Å². The number of phenolic OH excluding ortho intramolecular Hbond substituents is 1. The monoisotopic (exact) mass is 459 g/mol. The predicted molar refractivity (Wildman–Crippen MR) is 103 cm³/mol. The van der Waals surface area contributed by atoms with Gasteiger partial charge in [-0.15, -0.1) is 12.4 Å². The summed E-state index contributed by atoms with van der Waals surface area (Å²) < 4.78 is 7.19. The number of phenols is 1. The molecule has 3 rings (SSSR count). The fraction of sp³-hybridized carbons (Fsp3) is 0.176. The van der Waals surface area contributed by atoms with Gasteiger partial charge in [-0.05, 0) is 57.6 Å². The van der Waals surface area contributed by atoms with Crippen molar-refractivity contribution in [3.8, 4) is 16.9 Å². The van der Waals surface area contributed by atoms with Gasteiger partial charge in [-0.3, -0.25) is 0 Å². The molecule has 0 atom stereocenters. The summed E-state index contributed by atoms with van der Waals surface area (Å²) in [6.07, 6.45) is 0. The molecule has 0 unspecified atom stereocenters. The van der Waals surface area contributed by atoms with Crippen molar-refractivity contribution in [3.05, 3.63) is 51.1 Å². The van der Waals surface area contributed by atoms with Crippen LogP contribution in [-0.4, -0.2) is 24.1 Å². The first kappa shape index (κ1) is 18.3. The molecule has 0 aliphatic heterocycles. The number of fused-ring (bicyclic) bond motifs is 1. The molecule has 0 saturated heterocycles. The first-order valence-corrected chi connectivity index (χ1v) is 8.40. The molecule has 23 heavy (non-hydrogen) atoms. The van der Waals surface area contributed by atoms with Crippen molar-refractivity contribution in [3.63, 3.8) is 0 Å². The van der Waals surface area contributed by atoms with Gasteiger partial charge >= 0.3 is 0 Å². The normalized spacial score (nSPS) is 11.0. The highest BCUT2D eigenvalue weighted by Crippen LogP contribution is 2.46. The molecule has 1 N–H and O–H groups in total. The minimum Gasteiger partial charge on any atom is -0.506 e. The SMILES string of the molecule is CN(C)Cc1cc2oc(Br)c(-c3ccccc3)c2c(Br)c1O.Cl. The van der Waals surface area contributed by atoms with Crippen molar-refractivity contribution < 1.29 is 9.52 Å². The Morgan fingerprint density at radius 2 is 1.78 bits per heavy atom. The first-order valence-electron chi connectivity index (χ1n) is 6.81. The van der Waals surface area contributed by atoms with Gasteiger partial charge in [0.05, 0.1) is 4.47 Å². The van der Waals surface area contributed by atoms with Crippen LogP contribution in [-0.2, 0) is 6.54 Å². The fourth-order valence-corrected chi connectivity index (χ4v) is 3.80. The Morgan fingerprint density at radius 3 is 2.39 bits per heavy atom. The van der Waals surface area contributed by atoms with E-state index in [4.69, 9.17) is 4.42 Å². The lowest BCUT2D eigenvalue weighted by Gasteiger charge is -2.12. The summed E-state index contributed by atoms with van der Waals surface area (Å²) in [5, 5.41) is 11.4. The number of hydrogen-bond donors (Lipinski definition) is 1. The van der Waals surface area contributed by atoms with E-state index in [0.717, 1.165) is 27.7 Å². The molecule has 1 aromatic heterocycles. The summed E-state index contributed by atoms with van der Waals surface area (Å²) in [5.74, 6) is 0.256. The van der Waals surface area contributed by atoms with E-state index in [1.807, 2.05) is 55.4 Å². The molecule has 0 saturated carbocycles. The van der Waals surface area contributed by atoms with Gasteiger partial charge in [-0.1, -0.05) is 30.3 Å². The highest BCUT2D eigenvalue weighted by Gasteiger charge is 2.21. The van der Waals surface area contributed by atoms with E-state index in [-0.39, 0.29) is 18.2 Å². The fourth-order valence-electron chi connectivity index (χ4n) is 2.55. The number of rotatable bonds is 3. The highest BCUT2D eigenvalue weighted by atomic mass is 79.9. The molecule has 0 amide bonds. The molecule has 0 aliphatic rings. The number of benzene rings is 2. The van der Waals surface area contributed by atoms with E-state index in [2.05, 4.69) is 31.9 Å². The van der Waals surface area contributed by atoms with Gasteiger partial charge in [0.15, 0.2) is 4.67 Å². The average molecular weight is 462 g/mol. The Balaban J connectivity index is 0.00000192. The molecule has 3 nitrogen and oxygen atoms in total. The lowest BCUT2D eigenvalue weighted by molar-refractivity contribution is 0.385. The van der Waals surface area contributed by atoms with Crippen LogP contribution in [0.4, 0.5) is 0 Å². The summed E-state index contributed by atoms with van der Waals surface area (Å²) in [6.45, 7) is 0.638. The summed E-state index contributed by atoms with van der Waals surface area (Å²) in [4.78, 5) is 2.00. The number of hydrogen-bond acceptors (Lipinski definition) is 3. The average Bonchev–Trinajstić information content (AvgIpc) is 2.81. The Morgan fingerprint density at radius 1 is 1.13 bits per heavy atom. The van der Waals surface area contributed by atoms with Crippen molar-refractivity contribution in [2.45, 2.75) is 6.54 Å². The molecule has 0 radical (unpaired) electrons. The molecule has 122 valence electrons. The second-order valence-corrected chi connectivity index (χ2v) is 6.94. The minimum atomic E-state index is 0. The van der Waals surface area contributed by atoms with Crippen LogP contribution in [0, 0.1) is 0 Å². The van der Waals surface area contributed by atoms with Gasteiger partial charge in [0, 0.05) is 23.1 Å². The van der Waals surface area contributed by atoms with E-state index in [9.17, 15) is 5.11 Å². The molecule has 3 aromatic rings. The summed E-state index contributed by atoms with van der Waals surface area (Å²) in [7, 11) is 3.93. The molecule has 2 aromatic carbocycles. The van der Waals surface area contributed by atoms with E-state index in [0.29, 0.717) is 15.7 Å². The van der Waals surface area contributed by atoms with E-state index in [1.165, 1.54) is 0 Å². The van der Waals surface area contributed by atoms with Crippen LogP contribution in [0.1, 0.15) is 5.56 Å². The van der Waals surface area contributed by atoms with Gasteiger partial charge in [-0.25, -0.2) is 0 Å². The zero-order chi connectivity index (χ0) is 15.9. The number of aromatic hydroxyl groups is 1. The second-order valence-electron chi connectivity index (χ2n) is 5.43. The second kappa shape index (κ2) is 7.26. The quantitative estimate of drug-likeness (QED) is 0.535. The van der Waals surface area contributed by atoms with Crippen molar-refractivity contribution >= 4 is 55.2 Å². The molecule has 6 heteroatoms. The third-order valence-electron chi connectivity index (χ3n) is 3.48. The lowest BCUT2D eigenvalue weighted by Crippen LogP contribution is -2.10. The Hall–Kier alpha value is -1.01. The van der Waals surface area contributed by atoms with Gasteiger partial charge in [0.25, 0.3) is 0 Å². The zero-order valence-corrected chi connectivity index (χ0v) is 16.6. The van der Waals surface area contributed by atoms with Gasteiger partial charge in [0.1, 0.15) is 11.3 Å². The molecule has 1 heterocycles. The number of nitrogens with zero attached hydrogens (tertiary/aromatic N) is 1. The third-order valence-corrected chi connectivity index (χ3v) is 4.81. The van der Waals surface area contributed by atoms with E-state index in [1.54, 1.807) is 0 Å². The van der Waals surface area contributed by atoms with E-state index < -0.39 is 0 Å². The van der Waals surface area contributed by atoms with Crippen molar-refractivity contribution in [2.75, 3.05) is 14.1 Å². The Labute approximate surface area is 158 Å². The highest BCUT2D eigenvalue weighted by molar-refractivity contribution is 9.11. The molecular weight excluding hydrogens is 445 g/mol. The summed E-state index contributed by atoms with van der Waals surface area (Å²) in [6, 6.07) is 11.9. The van der Waals surface area contributed by atoms with Crippen LogP contribution >= 0.6 is 44.3 Å². The molecule has 0 bridgehead atoms. The van der Waals surface area contributed by atoms with Crippen molar-refractivity contribution in [1.82, 2.24) is 4.90 Å². The number of halogens is 3. The van der Waals surface area contributed by atoms with Crippen LogP contribution in [0.3, 0.4) is 0 Å². The standard InChI is InChI=1S/C17H15Br2NO2.ClH/c1-20(2)9-11-8-12-14(15(18)16(11)21)13(17(19)22-12)10-6-4-3-5-7-10;/h3-8,21H,9H2,1-2H3;1H. The van der Waals surface area contributed by atoms with Crippen LogP contribution in [0.5, 0.6) is 5.75 Å². The predicted octanol–water partition coefficient (Wildman–Crippen LogP) is 5.81. The van der Waals surface area contributed by atoms with Crippen LogP contribution in [0.25, 0.3) is 22.1 Å². The minimum absolute atomic E-state index is 0. The lowest BCUT2D eigenvalue weighted by atomic mass is 10.0. The van der Waals surface area contributed by atoms with Crippen LogP contribution in [0.2, 0.25) is 0 Å². The maximum Gasteiger partial charge on any atom is 0.178 e. The van der Waals surface area contributed by atoms with Crippen LogP contribution in [0.15, 0.2) is 50.0 Å². The molecular formula is C17H16Br2ClNO2. The topological polar surface area (TPSA) is 36.6 Å². The van der Waals surface area contributed by atoms with Crippen molar-refractivity contribution in [1.29, 1.82) is 0 Å². The molecule has 0 spiro atoms. The number of furan rings is 1. The van der Waals surface area contributed by atoms with E-state index >= 15 is 0 Å². The first-order chi connectivity index (χ1) is 10.5. The Bertz CT molecular complexity index is 832. The van der Waals surface area contributed by atoms with Crippen LogP contribution < -0.4 is 0 Å². The zero-order valence-electron chi connectivity index (χ0n) is 12.6. The van der Waals surface area contributed by atoms with Gasteiger partial charge < -0.3 is 14.4 Å². The molecule has 0 aliphatic carbocycles. The molecule has 0 fully saturated rings. The third kappa shape index (κ3) is 3.43. The summed E-state index contributed by atoms with van der Waals surface area (Å²) in [5.41, 5.74) is 3.54. The Kier molecular flexibility index (Phi) is 5.79. The maximum absolute atomic E-state index is 10.5. The van der Waals surface area contributed by atoms with Gasteiger partial charge in [-0.2, -0.15) is 0 Å². The van der Waals surface area contributed by atoms with Crippen molar-refractivity contribution in [2.24, 2.45) is 0 Å². The maximum atomic E-state index is 10.5.